The summed E-state index contributed by atoms with van der Waals surface area (Å²) >= 11 is 0. The topological polar surface area (TPSA) is 20.3 Å². The van der Waals surface area contributed by atoms with Crippen LogP contribution in [0, 0.1) is 0 Å². The van der Waals surface area contributed by atoms with E-state index < -0.39 is 0 Å². The quantitative estimate of drug-likeness (QED) is 0.635. The van der Waals surface area contributed by atoms with E-state index in [-0.39, 0.29) is 11.4 Å². The number of rotatable bonds is 3. The minimum absolute atomic E-state index is 0.137. The number of para-hydroxylation sites is 1. The molecule has 0 saturated carbocycles. The maximum atomic E-state index is 13.2. The minimum Gasteiger partial charge on any atom is -0.297 e. The highest BCUT2D eigenvalue weighted by atomic mass is 16.2. The molecule has 3 aromatic rings. The van der Waals surface area contributed by atoms with Gasteiger partial charge in [0.25, 0.3) is 5.91 Å². The summed E-state index contributed by atoms with van der Waals surface area (Å²) in [5.41, 5.74) is 5.45. The number of nitrogens with zero attached hydrogens (tertiary/aromatic N) is 1. The van der Waals surface area contributed by atoms with Gasteiger partial charge in [-0.2, -0.15) is 0 Å². The first kappa shape index (κ1) is 15.4. The molecule has 0 unspecified atom stereocenters. The first-order valence-corrected chi connectivity index (χ1v) is 9.28. The fourth-order valence-electron chi connectivity index (χ4n) is 4.95. The molecule has 26 heavy (non-hydrogen) atoms. The molecule has 2 nitrogen and oxygen atoms in total. The van der Waals surface area contributed by atoms with Gasteiger partial charge in [-0.25, -0.2) is 0 Å². The summed E-state index contributed by atoms with van der Waals surface area (Å²) in [6, 6.07) is 27.2. The Hall–Kier alpha value is -2.87. The average molecular weight is 339 g/mol. The lowest BCUT2D eigenvalue weighted by Crippen LogP contribution is -2.41. The molecule has 0 radical (unpaired) electrons. The normalized spacial score (nSPS) is 22.9. The van der Waals surface area contributed by atoms with E-state index in [4.69, 9.17) is 0 Å². The number of carbonyl (C=O) groups is 1. The van der Waals surface area contributed by atoms with E-state index in [1.165, 1.54) is 16.7 Å². The molecular weight excluding hydrogens is 318 g/mol. The lowest BCUT2D eigenvalue weighted by Gasteiger charge is -2.35. The van der Waals surface area contributed by atoms with Crippen molar-refractivity contribution in [3.8, 4) is 0 Å². The van der Waals surface area contributed by atoms with Crippen LogP contribution in [0.25, 0.3) is 0 Å². The smallest absolute Gasteiger partial charge is 0.259 e. The van der Waals surface area contributed by atoms with Crippen molar-refractivity contribution in [3.63, 3.8) is 0 Å². The van der Waals surface area contributed by atoms with E-state index in [1.807, 2.05) is 23.1 Å². The molecule has 0 N–H and O–H groups in total. The standard InChI is InChI=1S/C24H21NO/c1-24-20-13-7-5-12-19(20)23(26)25(24)22-14-8-6-11-18(22)21(24)16-15-17-9-3-2-4-10-17/h2-14,21H,15-16H2,1H3/t21-,24-/m1/s1. The van der Waals surface area contributed by atoms with Crippen LogP contribution in [0.5, 0.6) is 0 Å². The predicted molar refractivity (Wildman–Crippen MR) is 105 cm³/mol. The van der Waals surface area contributed by atoms with E-state index in [1.54, 1.807) is 0 Å². The third-order valence-electron chi connectivity index (χ3n) is 6.17. The first-order chi connectivity index (χ1) is 12.7. The summed E-state index contributed by atoms with van der Waals surface area (Å²) in [5.74, 6) is 0.435. The molecular formula is C24H21NO. The van der Waals surface area contributed by atoms with Crippen LogP contribution in [0.3, 0.4) is 0 Å². The van der Waals surface area contributed by atoms with Crippen LogP contribution in [-0.4, -0.2) is 5.91 Å². The van der Waals surface area contributed by atoms with Crippen molar-refractivity contribution in [3.05, 3.63) is 101 Å². The van der Waals surface area contributed by atoms with Gasteiger partial charge in [-0.3, -0.25) is 9.69 Å². The second-order valence-electron chi connectivity index (χ2n) is 7.47. The molecule has 0 saturated heterocycles. The van der Waals surface area contributed by atoms with Crippen molar-refractivity contribution in [1.29, 1.82) is 0 Å². The summed E-state index contributed by atoms with van der Waals surface area (Å²) < 4.78 is 0. The number of benzene rings is 3. The van der Waals surface area contributed by atoms with Crippen LogP contribution in [0.2, 0.25) is 0 Å². The van der Waals surface area contributed by atoms with Crippen LogP contribution in [0.15, 0.2) is 78.9 Å². The SMILES string of the molecule is C[C@]12c3ccccc3C(=O)N1c1ccccc1[C@H]2CCc1ccccc1. The lowest BCUT2D eigenvalue weighted by molar-refractivity contribution is 0.0979. The predicted octanol–water partition coefficient (Wildman–Crippen LogP) is 5.29. The zero-order chi connectivity index (χ0) is 17.7. The van der Waals surface area contributed by atoms with Gasteiger partial charge < -0.3 is 0 Å². The Labute approximate surface area is 154 Å². The maximum Gasteiger partial charge on any atom is 0.259 e. The van der Waals surface area contributed by atoms with Crippen molar-refractivity contribution in [2.45, 2.75) is 31.2 Å². The molecule has 0 aromatic heterocycles. The van der Waals surface area contributed by atoms with Crippen molar-refractivity contribution in [2.75, 3.05) is 4.90 Å². The van der Waals surface area contributed by atoms with E-state index >= 15 is 0 Å². The number of amides is 1. The van der Waals surface area contributed by atoms with Gasteiger partial charge in [0.15, 0.2) is 0 Å². The molecule has 5 rings (SSSR count). The van der Waals surface area contributed by atoms with Crippen LogP contribution >= 0.6 is 0 Å². The number of aryl methyl sites for hydroxylation is 1. The Bertz CT molecular complexity index is 994. The van der Waals surface area contributed by atoms with Gasteiger partial charge in [0.2, 0.25) is 0 Å². The van der Waals surface area contributed by atoms with E-state index in [0.717, 1.165) is 24.1 Å². The molecule has 0 fully saturated rings. The number of hydrogen-bond acceptors (Lipinski definition) is 1. The fourth-order valence-corrected chi connectivity index (χ4v) is 4.95. The molecule has 0 aliphatic carbocycles. The Balaban J connectivity index is 1.62. The number of fused-ring (bicyclic) bond motifs is 5. The Morgan fingerprint density at radius 1 is 0.885 bits per heavy atom. The Morgan fingerprint density at radius 3 is 2.42 bits per heavy atom. The molecule has 0 spiro atoms. The average Bonchev–Trinajstić information content (AvgIpc) is 3.08. The zero-order valence-corrected chi connectivity index (χ0v) is 14.9. The van der Waals surface area contributed by atoms with Gasteiger partial charge in [-0.05, 0) is 48.6 Å². The van der Waals surface area contributed by atoms with Crippen molar-refractivity contribution < 1.29 is 4.79 Å². The highest BCUT2D eigenvalue weighted by Gasteiger charge is 2.56. The molecule has 2 heteroatoms. The molecule has 2 aliphatic rings. The van der Waals surface area contributed by atoms with Gasteiger partial charge in [-0.15, -0.1) is 0 Å². The third-order valence-corrected chi connectivity index (χ3v) is 6.17. The van der Waals surface area contributed by atoms with Crippen molar-refractivity contribution in [2.24, 2.45) is 0 Å². The third kappa shape index (κ3) is 1.96. The monoisotopic (exact) mass is 339 g/mol. The number of hydrogen-bond donors (Lipinski definition) is 0. The summed E-state index contributed by atoms with van der Waals surface area (Å²) in [6.07, 6.45) is 2.04. The van der Waals surface area contributed by atoms with Gasteiger partial charge >= 0.3 is 0 Å². The number of anilines is 1. The lowest BCUT2D eigenvalue weighted by atomic mass is 9.76. The van der Waals surface area contributed by atoms with Crippen LogP contribution in [-0.2, 0) is 12.0 Å². The Morgan fingerprint density at radius 2 is 1.58 bits per heavy atom. The van der Waals surface area contributed by atoms with E-state index in [2.05, 4.69) is 67.6 Å². The fraction of sp³-hybridized carbons (Fsp3) is 0.208. The summed E-state index contributed by atoms with van der Waals surface area (Å²) in [6.45, 7) is 2.24. The second-order valence-corrected chi connectivity index (χ2v) is 7.47. The van der Waals surface area contributed by atoms with Crippen molar-refractivity contribution in [1.82, 2.24) is 0 Å². The molecule has 2 heterocycles. The molecule has 128 valence electrons. The van der Waals surface area contributed by atoms with Gasteiger partial charge in [-0.1, -0.05) is 66.7 Å². The molecule has 0 bridgehead atoms. The molecule has 2 aliphatic heterocycles. The van der Waals surface area contributed by atoms with Gasteiger partial charge in [0, 0.05) is 17.2 Å². The van der Waals surface area contributed by atoms with Crippen LogP contribution < -0.4 is 4.90 Å². The van der Waals surface area contributed by atoms with Crippen LogP contribution in [0.4, 0.5) is 5.69 Å². The molecule has 1 amide bonds. The highest BCUT2D eigenvalue weighted by molar-refractivity contribution is 6.13. The number of carbonyl (C=O) groups excluding carboxylic acids is 1. The summed E-state index contributed by atoms with van der Waals surface area (Å²) in [7, 11) is 0. The first-order valence-electron chi connectivity index (χ1n) is 9.28. The summed E-state index contributed by atoms with van der Waals surface area (Å²) in [4.78, 5) is 15.2. The summed E-state index contributed by atoms with van der Waals surface area (Å²) in [5, 5.41) is 0. The van der Waals surface area contributed by atoms with E-state index in [9.17, 15) is 4.79 Å². The molecule has 2 atom stereocenters. The minimum atomic E-state index is -0.299. The van der Waals surface area contributed by atoms with Crippen LogP contribution in [0.1, 0.15) is 46.3 Å². The maximum absolute atomic E-state index is 13.2. The zero-order valence-electron chi connectivity index (χ0n) is 14.9. The highest BCUT2D eigenvalue weighted by Crippen LogP contribution is 2.58. The molecule has 3 aromatic carbocycles. The second kappa shape index (κ2) is 5.57. The Kier molecular flexibility index (Phi) is 3.30. The van der Waals surface area contributed by atoms with Crippen molar-refractivity contribution >= 4 is 11.6 Å². The van der Waals surface area contributed by atoms with Gasteiger partial charge in [0.1, 0.15) is 0 Å². The largest absolute Gasteiger partial charge is 0.297 e. The van der Waals surface area contributed by atoms with Gasteiger partial charge in [0.05, 0.1) is 5.54 Å². The van der Waals surface area contributed by atoms with E-state index in [0.29, 0.717) is 5.92 Å².